The summed E-state index contributed by atoms with van der Waals surface area (Å²) in [5.41, 5.74) is 0.847. The van der Waals surface area contributed by atoms with Crippen molar-refractivity contribution < 1.29 is 18.7 Å². The van der Waals surface area contributed by atoms with E-state index in [0.29, 0.717) is 25.1 Å². The Hall–Kier alpha value is -1.95. The Bertz CT molecular complexity index is 748. The van der Waals surface area contributed by atoms with Crippen LogP contribution in [0, 0.1) is 24.6 Å². The molecule has 0 unspecified atom stereocenters. The monoisotopic (exact) mass is 374 g/mol. The van der Waals surface area contributed by atoms with Crippen LogP contribution in [0.2, 0.25) is 0 Å². The minimum Gasteiger partial charge on any atom is -0.369 e. The van der Waals surface area contributed by atoms with Crippen molar-refractivity contribution in [3.05, 3.63) is 35.1 Å². The van der Waals surface area contributed by atoms with E-state index in [1.165, 1.54) is 12.1 Å². The number of nitrogens with zero attached hydrogens (tertiary/aromatic N) is 1. The summed E-state index contributed by atoms with van der Waals surface area (Å²) in [5, 5.41) is 2.97. The number of aryl methyl sites for hydroxylation is 1. The summed E-state index contributed by atoms with van der Waals surface area (Å²) in [6, 6.07) is 4.37. The number of rotatable bonds is 5. The van der Waals surface area contributed by atoms with E-state index in [1.807, 2.05) is 11.8 Å². The van der Waals surface area contributed by atoms with E-state index in [-0.39, 0.29) is 35.4 Å². The van der Waals surface area contributed by atoms with Crippen molar-refractivity contribution in [3.63, 3.8) is 0 Å². The Morgan fingerprint density at radius 3 is 2.93 bits per heavy atom. The van der Waals surface area contributed by atoms with Gasteiger partial charge in [-0.25, -0.2) is 4.39 Å². The second-order valence-electron chi connectivity index (χ2n) is 8.28. The molecule has 1 N–H and O–H groups in total. The Morgan fingerprint density at radius 2 is 2.19 bits per heavy atom. The van der Waals surface area contributed by atoms with E-state index in [0.717, 1.165) is 31.4 Å². The molecule has 3 aliphatic heterocycles. The fourth-order valence-corrected chi connectivity index (χ4v) is 5.21. The lowest BCUT2D eigenvalue weighted by atomic mass is 9.73. The molecule has 0 saturated carbocycles. The summed E-state index contributed by atoms with van der Waals surface area (Å²) in [4.78, 5) is 26.8. The van der Waals surface area contributed by atoms with Gasteiger partial charge in [0.2, 0.25) is 5.91 Å². The van der Waals surface area contributed by atoms with Crippen molar-refractivity contribution in [2.24, 2.45) is 11.8 Å². The molecule has 4 atom stereocenters. The molecule has 6 heteroatoms. The lowest BCUT2D eigenvalue weighted by Gasteiger charge is -2.29. The molecule has 2 bridgehead atoms. The Morgan fingerprint density at radius 1 is 1.37 bits per heavy atom. The molecule has 0 radical (unpaired) electrons. The van der Waals surface area contributed by atoms with E-state index in [9.17, 15) is 14.0 Å². The predicted molar refractivity (Wildman–Crippen MR) is 98.8 cm³/mol. The van der Waals surface area contributed by atoms with Gasteiger partial charge in [0.25, 0.3) is 5.91 Å². The summed E-state index contributed by atoms with van der Waals surface area (Å²) in [7, 11) is 0. The van der Waals surface area contributed by atoms with Gasteiger partial charge in [-0.15, -0.1) is 0 Å². The van der Waals surface area contributed by atoms with Gasteiger partial charge in [0, 0.05) is 36.9 Å². The number of hydrogen-bond acceptors (Lipinski definition) is 3. The normalized spacial score (nSPS) is 31.2. The fraction of sp³-hybridized carbons (Fsp3) is 0.619. The first-order valence-corrected chi connectivity index (χ1v) is 9.93. The number of likely N-dealkylation sites (tertiary alicyclic amines) is 1. The summed E-state index contributed by atoms with van der Waals surface area (Å²) in [6.45, 7) is 5.69. The zero-order valence-corrected chi connectivity index (χ0v) is 16.0. The summed E-state index contributed by atoms with van der Waals surface area (Å²) >= 11 is 0. The predicted octanol–water partition coefficient (Wildman–Crippen LogP) is 2.67. The van der Waals surface area contributed by atoms with E-state index >= 15 is 0 Å². The quantitative estimate of drug-likeness (QED) is 0.862. The summed E-state index contributed by atoms with van der Waals surface area (Å²) in [5.74, 6) is 0.0179. The molecule has 5 nitrogen and oxygen atoms in total. The lowest BCUT2D eigenvalue weighted by Crippen LogP contribution is -2.41. The summed E-state index contributed by atoms with van der Waals surface area (Å²) < 4.78 is 19.9. The molecule has 1 aromatic rings. The van der Waals surface area contributed by atoms with E-state index in [1.54, 1.807) is 13.0 Å². The van der Waals surface area contributed by atoms with Gasteiger partial charge < -0.3 is 15.0 Å². The first kappa shape index (κ1) is 18.4. The van der Waals surface area contributed by atoms with E-state index in [4.69, 9.17) is 4.74 Å². The zero-order chi connectivity index (χ0) is 19.2. The minimum absolute atomic E-state index is 0.146. The number of hydrogen-bond donors (Lipinski definition) is 1. The molecule has 146 valence electrons. The van der Waals surface area contributed by atoms with Crippen molar-refractivity contribution >= 4 is 11.8 Å². The highest BCUT2D eigenvalue weighted by molar-refractivity contribution is 5.94. The summed E-state index contributed by atoms with van der Waals surface area (Å²) in [6.07, 6.45) is 3.54. The van der Waals surface area contributed by atoms with Crippen LogP contribution >= 0.6 is 0 Å². The lowest BCUT2D eigenvalue weighted by molar-refractivity contribution is -0.131. The van der Waals surface area contributed by atoms with Gasteiger partial charge in [-0.3, -0.25) is 9.59 Å². The molecule has 4 rings (SSSR count). The van der Waals surface area contributed by atoms with Gasteiger partial charge >= 0.3 is 0 Å². The third kappa shape index (κ3) is 3.24. The smallest absolute Gasteiger partial charge is 0.251 e. The molecular weight excluding hydrogens is 347 g/mol. The van der Waals surface area contributed by atoms with Crippen LogP contribution in [0.15, 0.2) is 18.2 Å². The first-order valence-electron chi connectivity index (χ1n) is 9.93. The van der Waals surface area contributed by atoms with Crippen LogP contribution in [0.1, 0.15) is 48.5 Å². The fourth-order valence-electron chi connectivity index (χ4n) is 5.21. The van der Waals surface area contributed by atoms with Crippen LogP contribution < -0.4 is 5.32 Å². The van der Waals surface area contributed by atoms with Gasteiger partial charge in [0.1, 0.15) is 5.82 Å². The molecular formula is C21H27FN2O3. The van der Waals surface area contributed by atoms with E-state index < -0.39 is 5.82 Å². The van der Waals surface area contributed by atoms with Crippen LogP contribution in [0.4, 0.5) is 4.39 Å². The highest BCUT2D eigenvalue weighted by Gasteiger charge is 2.63. The maximum atomic E-state index is 13.6. The average Bonchev–Trinajstić information content (AvgIpc) is 3.27. The second-order valence-corrected chi connectivity index (χ2v) is 8.28. The van der Waals surface area contributed by atoms with Gasteiger partial charge in [-0.2, -0.15) is 0 Å². The Balaban J connectivity index is 1.42. The number of carbonyl (C=O) groups is 2. The molecule has 3 saturated heterocycles. The molecule has 1 spiro atoms. The molecule has 3 fully saturated rings. The van der Waals surface area contributed by atoms with E-state index in [2.05, 4.69) is 5.32 Å². The number of amides is 2. The molecule has 27 heavy (non-hydrogen) atoms. The molecule has 0 aromatic heterocycles. The van der Waals surface area contributed by atoms with Crippen molar-refractivity contribution in [1.82, 2.24) is 10.2 Å². The number of carbonyl (C=O) groups excluding carboxylic acids is 2. The second kappa shape index (κ2) is 6.89. The number of benzene rings is 1. The maximum absolute atomic E-state index is 13.6. The Labute approximate surface area is 159 Å². The zero-order valence-electron chi connectivity index (χ0n) is 16.0. The molecule has 1 aromatic carbocycles. The number of fused-ring (bicyclic) bond motifs is 1. The van der Waals surface area contributed by atoms with Gasteiger partial charge in [-0.1, -0.05) is 6.92 Å². The highest BCUT2D eigenvalue weighted by Crippen LogP contribution is 2.54. The number of halogens is 1. The third-order valence-electron chi connectivity index (χ3n) is 6.40. The van der Waals surface area contributed by atoms with Crippen LogP contribution in [0.25, 0.3) is 0 Å². The van der Waals surface area contributed by atoms with Crippen LogP contribution in [0.5, 0.6) is 0 Å². The SMILES string of the molecule is CCCC(=O)N1C[C@@H]2[C@H](CNC(=O)c3cc(C)cc(F)c3)[C@H]3CC[C@]2(C1)O3. The third-order valence-corrected chi connectivity index (χ3v) is 6.40. The standard InChI is InChI=1S/C21H27FN2O3/c1-3-4-19(25)24-11-17-16(18-5-6-21(17,12-24)27-18)10-23-20(26)14-7-13(2)8-15(22)9-14/h7-9,16-18H,3-6,10-12H2,1-2H3,(H,23,26)/t16-,17+,18+,21+/m0/s1. The topological polar surface area (TPSA) is 58.6 Å². The van der Waals surface area contributed by atoms with Gasteiger partial charge in [-0.05, 0) is 49.9 Å². The van der Waals surface area contributed by atoms with Gasteiger partial charge in [0.05, 0.1) is 18.2 Å². The van der Waals surface area contributed by atoms with Crippen molar-refractivity contribution in [2.45, 2.75) is 51.2 Å². The number of nitrogens with one attached hydrogen (secondary N) is 1. The molecule has 2 amide bonds. The highest BCUT2D eigenvalue weighted by atomic mass is 19.1. The van der Waals surface area contributed by atoms with Crippen molar-refractivity contribution in [2.75, 3.05) is 19.6 Å². The molecule has 3 heterocycles. The van der Waals surface area contributed by atoms with Crippen LogP contribution in [-0.4, -0.2) is 48.1 Å². The minimum atomic E-state index is -0.400. The van der Waals surface area contributed by atoms with Crippen molar-refractivity contribution in [1.29, 1.82) is 0 Å². The average molecular weight is 374 g/mol. The molecule has 0 aliphatic carbocycles. The number of ether oxygens (including phenoxy) is 1. The first-order chi connectivity index (χ1) is 12.9. The molecule has 3 aliphatic rings. The van der Waals surface area contributed by atoms with Gasteiger partial charge in [0.15, 0.2) is 0 Å². The largest absolute Gasteiger partial charge is 0.369 e. The van der Waals surface area contributed by atoms with Crippen LogP contribution in [-0.2, 0) is 9.53 Å². The maximum Gasteiger partial charge on any atom is 0.251 e. The van der Waals surface area contributed by atoms with Crippen molar-refractivity contribution in [3.8, 4) is 0 Å². The Kier molecular flexibility index (Phi) is 4.70. The van der Waals surface area contributed by atoms with Crippen LogP contribution in [0.3, 0.4) is 0 Å².